The fourth-order valence-corrected chi connectivity index (χ4v) is 1.95. The molecule has 0 atom stereocenters. The van der Waals surface area contributed by atoms with E-state index in [1.54, 1.807) is 0 Å². The molecular formula is C16H19NO. The average molecular weight is 241 g/mol. The first-order valence-corrected chi connectivity index (χ1v) is 6.10. The molecule has 0 aliphatic rings. The van der Waals surface area contributed by atoms with Crippen molar-refractivity contribution in [1.29, 1.82) is 0 Å². The molecule has 2 aromatic rings. The fourth-order valence-electron chi connectivity index (χ4n) is 1.95. The monoisotopic (exact) mass is 241 g/mol. The molecule has 0 saturated heterocycles. The van der Waals surface area contributed by atoms with Crippen LogP contribution in [0.5, 0.6) is 11.5 Å². The highest BCUT2D eigenvalue weighted by Gasteiger charge is 2.09. The first-order valence-electron chi connectivity index (χ1n) is 6.10. The molecule has 0 aliphatic heterocycles. The number of hydrogen-bond acceptors (Lipinski definition) is 2. The van der Waals surface area contributed by atoms with Crippen molar-refractivity contribution in [3.8, 4) is 11.5 Å². The summed E-state index contributed by atoms with van der Waals surface area (Å²) < 4.78 is 5.98. The van der Waals surface area contributed by atoms with E-state index in [4.69, 9.17) is 10.5 Å². The third-order valence-electron chi connectivity index (χ3n) is 3.25. The number of aryl methyl sites for hydroxylation is 3. The lowest BCUT2D eigenvalue weighted by Gasteiger charge is -2.15. The fraction of sp³-hybridized carbons (Fsp3) is 0.250. The van der Waals surface area contributed by atoms with Gasteiger partial charge in [-0.15, -0.1) is 0 Å². The summed E-state index contributed by atoms with van der Waals surface area (Å²) in [7, 11) is 0. The second-order valence-corrected chi connectivity index (χ2v) is 4.80. The molecule has 2 rings (SSSR count). The van der Waals surface area contributed by atoms with Crippen molar-refractivity contribution in [2.45, 2.75) is 27.7 Å². The predicted octanol–water partition coefficient (Wildman–Crippen LogP) is 4.29. The number of nitrogen functional groups attached to an aromatic ring is 1. The summed E-state index contributed by atoms with van der Waals surface area (Å²) in [6.07, 6.45) is 0. The first-order chi connectivity index (χ1) is 8.49. The second kappa shape index (κ2) is 4.73. The number of rotatable bonds is 2. The highest BCUT2D eigenvalue weighted by Crippen LogP contribution is 2.33. The Kier molecular flexibility index (Phi) is 3.28. The van der Waals surface area contributed by atoms with Gasteiger partial charge in [-0.25, -0.2) is 0 Å². The van der Waals surface area contributed by atoms with Crippen molar-refractivity contribution in [2.24, 2.45) is 0 Å². The van der Waals surface area contributed by atoms with Gasteiger partial charge in [0, 0.05) is 0 Å². The molecular weight excluding hydrogens is 222 g/mol. The van der Waals surface area contributed by atoms with Crippen molar-refractivity contribution in [3.05, 3.63) is 52.6 Å². The molecule has 0 fully saturated rings. The molecule has 0 amide bonds. The molecule has 2 heteroatoms. The van der Waals surface area contributed by atoms with Crippen LogP contribution in [0.15, 0.2) is 30.3 Å². The summed E-state index contributed by atoms with van der Waals surface area (Å²) in [6, 6.07) is 10.0. The number of anilines is 1. The van der Waals surface area contributed by atoms with Crippen LogP contribution < -0.4 is 10.5 Å². The molecule has 0 bridgehead atoms. The smallest absolute Gasteiger partial charge is 0.150 e. The molecule has 2 aromatic carbocycles. The largest absolute Gasteiger partial charge is 0.455 e. The maximum atomic E-state index is 5.98. The van der Waals surface area contributed by atoms with Crippen LogP contribution in [0.25, 0.3) is 0 Å². The first kappa shape index (κ1) is 12.5. The van der Waals surface area contributed by atoms with E-state index in [9.17, 15) is 0 Å². The van der Waals surface area contributed by atoms with E-state index in [1.165, 1.54) is 5.56 Å². The van der Waals surface area contributed by atoms with Gasteiger partial charge in [0.15, 0.2) is 0 Å². The van der Waals surface area contributed by atoms with Gasteiger partial charge in [0.1, 0.15) is 11.5 Å². The number of hydrogen-bond donors (Lipinski definition) is 1. The number of nitrogens with two attached hydrogens (primary N) is 1. The van der Waals surface area contributed by atoms with Crippen LogP contribution in [0.4, 0.5) is 5.69 Å². The van der Waals surface area contributed by atoms with Crippen molar-refractivity contribution >= 4 is 5.69 Å². The van der Waals surface area contributed by atoms with Gasteiger partial charge >= 0.3 is 0 Å². The Morgan fingerprint density at radius 2 is 1.56 bits per heavy atom. The average Bonchev–Trinajstić information content (AvgIpc) is 2.32. The van der Waals surface area contributed by atoms with Gasteiger partial charge in [-0.1, -0.05) is 18.2 Å². The Labute approximate surface area is 108 Å². The van der Waals surface area contributed by atoms with E-state index in [0.717, 1.165) is 28.2 Å². The van der Waals surface area contributed by atoms with E-state index >= 15 is 0 Å². The SMILES string of the molecule is Cc1ccc(Oc2c(C)ccc(C)c2C)c(N)c1. The molecule has 18 heavy (non-hydrogen) atoms. The number of ether oxygens (including phenoxy) is 1. The van der Waals surface area contributed by atoms with Gasteiger partial charge in [0.2, 0.25) is 0 Å². The highest BCUT2D eigenvalue weighted by atomic mass is 16.5. The standard InChI is InChI=1S/C16H19NO/c1-10-5-8-15(14(17)9-10)18-16-12(3)7-6-11(2)13(16)4/h5-9H,17H2,1-4H3. The minimum absolute atomic E-state index is 0.676. The van der Waals surface area contributed by atoms with Crippen LogP contribution in [-0.2, 0) is 0 Å². The quantitative estimate of drug-likeness (QED) is 0.796. The normalized spacial score (nSPS) is 10.4. The Balaban J connectivity index is 2.43. The molecule has 0 unspecified atom stereocenters. The lowest BCUT2D eigenvalue weighted by Crippen LogP contribution is -1.97. The molecule has 0 spiro atoms. The van der Waals surface area contributed by atoms with E-state index < -0.39 is 0 Å². The highest BCUT2D eigenvalue weighted by molar-refractivity contribution is 5.57. The van der Waals surface area contributed by atoms with Crippen LogP contribution >= 0.6 is 0 Å². The second-order valence-electron chi connectivity index (χ2n) is 4.80. The zero-order chi connectivity index (χ0) is 13.3. The van der Waals surface area contributed by atoms with Crippen molar-refractivity contribution < 1.29 is 4.74 Å². The van der Waals surface area contributed by atoms with Gasteiger partial charge in [-0.2, -0.15) is 0 Å². The Hall–Kier alpha value is -1.96. The third kappa shape index (κ3) is 2.33. The van der Waals surface area contributed by atoms with Crippen LogP contribution in [0.2, 0.25) is 0 Å². The molecule has 0 heterocycles. The Morgan fingerprint density at radius 3 is 2.22 bits per heavy atom. The van der Waals surface area contributed by atoms with Gasteiger partial charge in [-0.3, -0.25) is 0 Å². The van der Waals surface area contributed by atoms with Gasteiger partial charge < -0.3 is 10.5 Å². The zero-order valence-electron chi connectivity index (χ0n) is 11.4. The summed E-state index contributed by atoms with van der Waals surface area (Å²) in [5.41, 5.74) is 11.3. The molecule has 0 aromatic heterocycles. The van der Waals surface area contributed by atoms with Crippen molar-refractivity contribution in [1.82, 2.24) is 0 Å². The van der Waals surface area contributed by atoms with Crippen LogP contribution in [0.3, 0.4) is 0 Å². The van der Waals surface area contributed by atoms with Gasteiger partial charge in [0.25, 0.3) is 0 Å². The Morgan fingerprint density at radius 1 is 0.889 bits per heavy atom. The topological polar surface area (TPSA) is 35.2 Å². The molecule has 2 nitrogen and oxygen atoms in total. The maximum Gasteiger partial charge on any atom is 0.150 e. The van der Waals surface area contributed by atoms with Crippen molar-refractivity contribution in [3.63, 3.8) is 0 Å². The van der Waals surface area contributed by atoms with E-state index in [-0.39, 0.29) is 0 Å². The summed E-state index contributed by atoms with van der Waals surface area (Å²) in [6.45, 7) is 8.22. The van der Waals surface area contributed by atoms with Crippen molar-refractivity contribution in [2.75, 3.05) is 5.73 Å². The minimum atomic E-state index is 0.676. The predicted molar refractivity (Wildman–Crippen MR) is 76.3 cm³/mol. The zero-order valence-corrected chi connectivity index (χ0v) is 11.4. The third-order valence-corrected chi connectivity index (χ3v) is 3.25. The number of benzene rings is 2. The van der Waals surface area contributed by atoms with Crippen LogP contribution in [0.1, 0.15) is 22.3 Å². The molecule has 94 valence electrons. The molecule has 0 radical (unpaired) electrons. The van der Waals surface area contributed by atoms with Gasteiger partial charge in [0.05, 0.1) is 5.69 Å². The summed E-state index contributed by atoms with van der Waals surface area (Å²) in [5.74, 6) is 1.63. The minimum Gasteiger partial charge on any atom is -0.455 e. The van der Waals surface area contributed by atoms with Crippen LogP contribution in [-0.4, -0.2) is 0 Å². The Bertz CT molecular complexity index is 588. The van der Waals surface area contributed by atoms with E-state index in [2.05, 4.69) is 26.0 Å². The summed E-state index contributed by atoms with van der Waals surface area (Å²) in [4.78, 5) is 0. The summed E-state index contributed by atoms with van der Waals surface area (Å²) >= 11 is 0. The molecule has 0 saturated carbocycles. The maximum absolute atomic E-state index is 5.98. The summed E-state index contributed by atoms with van der Waals surface area (Å²) in [5, 5.41) is 0. The molecule has 0 aliphatic carbocycles. The lowest BCUT2D eigenvalue weighted by atomic mass is 10.1. The van der Waals surface area contributed by atoms with E-state index in [1.807, 2.05) is 32.0 Å². The van der Waals surface area contributed by atoms with E-state index in [0.29, 0.717) is 5.69 Å². The van der Waals surface area contributed by atoms with Crippen LogP contribution in [0, 0.1) is 27.7 Å². The molecule has 2 N–H and O–H groups in total. The lowest BCUT2D eigenvalue weighted by molar-refractivity contribution is 0.477. The van der Waals surface area contributed by atoms with Gasteiger partial charge in [-0.05, 0) is 62.1 Å².